The molecule has 0 saturated carbocycles. The lowest BCUT2D eigenvalue weighted by atomic mass is 9.99. The van der Waals surface area contributed by atoms with E-state index in [4.69, 9.17) is 5.41 Å². The average molecular weight is 376 g/mol. The predicted molar refractivity (Wildman–Crippen MR) is 124 cm³/mol. The van der Waals surface area contributed by atoms with E-state index in [1.165, 1.54) is 79.0 Å². The fraction of sp³-hybridized carbons (Fsp3) is 0.444. The molecule has 28 heavy (non-hydrogen) atoms. The molecule has 0 atom stereocenters. The number of hydrogen-bond acceptors (Lipinski definition) is 1. The van der Waals surface area contributed by atoms with Crippen LogP contribution in [0.1, 0.15) is 76.3 Å². The zero-order chi connectivity index (χ0) is 20.0. The van der Waals surface area contributed by atoms with E-state index < -0.39 is 0 Å². The van der Waals surface area contributed by atoms with Crippen molar-refractivity contribution in [1.82, 2.24) is 0 Å². The van der Waals surface area contributed by atoms with Crippen LogP contribution in [0.5, 0.6) is 0 Å². The third kappa shape index (κ3) is 7.84. The van der Waals surface area contributed by atoms with E-state index in [1.54, 1.807) is 0 Å². The zero-order valence-corrected chi connectivity index (χ0v) is 17.8. The molecular weight excluding hydrogens is 338 g/mol. The molecule has 2 rings (SSSR count). The molecule has 2 aromatic carbocycles. The maximum absolute atomic E-state index is 7.43. The highest BCUT2D eigenvalue weighted by Gasteiger charge is 2.01. The summed E-state index contributed by atoms with van der Waals surface area (Å²) in [7, 11) is 0. The summed E-state index contributed by atoms with van der Waals surface area (Å²) in [5.41, 5.74) is 6.69. The maximum Gasteiger partial charge on any atom is 0.0206 e. The first-order valence-electron chi connectivity index (χ1n) is 11.1. The zero-order valence-electron chi connectivity index (χ0n) is 17.8. The maximum atomic E-state index is 7.43. The Morgan fingerprint density at radius 3 is 1.71 bits per heavy atom. The van der Waals surface area contributed by atoms with Crippen molar-refractivity contribution in [3.05, 3.63) is 71.3 Å². The Balaban J connectivity index is 1.76. The lowest BCUT2D eigenvalue weighted by molar-refractivity contribution is 0.681. The van der Waals surface area contributed by atoms with Gasteiger partial charge in [0.1, 0.15) is 0 Å². The first-order chi connectivity index (χ1) is 13.8. The Morgan fingerprint density at radius 2 is 1.25 bits per heavy atom. The summed E-state index contributed by atoms with van der Waals surface area (Å²) in [6, 6.07) is 18.2. The molecule has 0 amide bonds. The molecule has 0 fully saturated rings. The van der Waals surface area contributed by atoms with Crippen LogP contribution in [-0.2, 0) is 12.8 Å². The lowest BCUT2D eigenvalue weighted by Crippen LogP contribution is -1.89. The van der Waals surface area contributed by atoms with Crippen LogP contribution < -0.4 is 0 Å². The smallest absolute Gasteiger partial charge is 0.0206 e. The van der Waals surface area contributed by atoms with Gasteiger partial charge in [-0.2, -0.15) is 0 Å². The largest absolute Gasteiger partial charge is 0.308 e. The second-order valence-electron chi connectivity index (χ2n) is 7.74. The van der Waals surface area contributed by atoms with Crippen molar-refractivity contribution in [2.75, 3.05) is 0 Å². The van der Waals surface area contributed by atoms with Gasteiger partial charge in [0.25, 0.3) is 0 Å². The Hall–Kier alpha value is -2.15. The third-order valence-corrected chi connectivity index (χ3v) is 5.39. The van der Waals surface area contributed by atoms with Gasteiger partial charge in [0.15, 0.2) is 0 Å². The minimum Gasteiger partial charge on any atom is -0.308 e. The molecule has 0 unspecified atom stereocenters. The van der Waals surface area contributed by atoms with E-state index >= 15 is 0 Å². The van der Waals surface area contributed by atoms with Gasteiger partial charge >= 0.3 is 0 Å². The van der Waals surface area contributed by atoms with Crippen molar-refractivity contribution < 1.29 is 0 Å². The molecule has 0 aliphatic carbocycles. The first kappa shape index (κ1) is 22.1. The van der Waals surface area contributed by atoms with Crippen molar-refractivity contribution in [2.45, 2.75) is 78.1 Å². The Labute approximate surface area is 172 Å². The van der Waals surface area contributed by atoms with Gasteiger partial charge in [0.2, 0.25) is 0 Å². The van der Waals surface area contributed by atoms with Gasteiger partial charge in [-0.15, -0.1) is 0 Å². The van der Waals surface area contributed by atoms with Gasteiger partial charge in [-0.05, 0) is 72.8 Å². The van der Waals surface area contributed by atoms with Gasteiger partial charge in [0, 0.05) is 6.21 Å². The van der Waals surface area contributed by atoms with E-state index in [-0.39, 0.29) is 0 Å². The van der Waals surface area contributed by atoms with E-state index in [0.29, 0.717) is 0 Å². The Morgan fingerprint density at radius 1 is 0.714 bits per heavy atom. The van der Waals surface area contributed by atoms with Crippen LogP contribution in [0.2, 0.25) is 0 Å². The fourth-order valence-corrected chi connectivity index (χ4v) is 3.64. The molecule has 1 N–H and O–H groups in total. The molecule has 0 aromatic heterocycles. The fourth-order valence-electron chi connectivity index (χ4n) is 3.64. The van der Waals surface area contributed by atoms with Gasteiger partial charge in [-0.1, -0.05) is 87.7 Å². The Kier molecular flexibility index (Phi) is 10.4. The highest BCUT2D eigenvalue weighted by molar-refractivity contribution is 5.75. The monoisotopic (exact) mass is 375 g/mol. The SMILES string of the molecule is CC/C=C(\C=N)CCCCCc1ccc(-c2ccc(CCCCC)cc2)cc1. The van der Waals surface area contributed by atoms with E-state index in [9.17, 15) is 0 Å². The van der Waals surface area contributed by atoms with Crippen molar-refractivity contribution in [1.29, 1.82) is 5.41 Å². The summed E-state index contributed by atoms with van der Waals surface area (Å²) in [6.07, 6.45) is 15.6. The average Bonchev–Trinajstić information content (AvgIpc) is 2.74. The second kappa shape index (κ2) is 13.1. The molecule has 0 aliphatic heterocycles. The predicted octanol–water partition coefficient (Wildman–Crippen LogP) is 8.18. The number of nitrogens with one attached hydrogen (secondary N) is 1. The normalized spacial score (nSPS) is 11.6. The molecule has 150 valence electrons. The van der Waals surface area contributed by atoms with Crippen LogP contribution in [0.4, 0.5) is 0 Å². The third-order valence-electron chi connectivity index (χ3n) is 5.39. The number of unbranched alkanes of at least 4 members (excludes halogenated alkanes) is 4. The molecule has 0 spiro atoms. The summed E-state index contributed by atoms with van der Waals surface area (Å²) in [6.45, 7) is 4.39. The number of allylic oxidation sites excluding steroid dienone is 2. The van der Waals surface area contributed by atoms with Crippen molar-refractivity contribution >= 4 is 6.21 Å². The minimum absolute atomic E-state index is 1.03. The summed E-state index contributed by atoms with van der Waals surface area (Å²) >= 11 is 0. The van der Waals surface area contributed by atoms with Crippen molar-refractivity contribution in [3.63, 3.8) is 0 Å². The summed E-state index contributed by atoms with van der Waals surface area (Å²) in [4.78, 5) is 0. The summed E-state index contributed by atoms with van der Waals surface area (Å²) in [5, 5.41) is 7.43. The van der Waals surface area contributed by atoms with E-state index in [2.05, 4.69) is 68.5 Å². The topological polar surface area (TPSA) is 23.9 Å². The van der Waals surface area contributed by atoms with Crippen LogP contribution in [0.15, 0.2) is 60.2 Å². The quantitative estimate of drug-likeness (QED) is 0.269. The van der Waals surface area contributed by atoms with Gasteiger partial charge in [-0.3, -0.25) is 0 Å². The Bertz CT molecular complexity index is 707. The molecule has 0 aliphatic rings. The van der Waals surface area contributed by atoms with Crippen LogP contribution in [0.3, 0.4) is 0 Å². The molecule has 0 saturated heterocycles. The highest BCUT2D eigenvalue weighted by atomic mass is 14.3. The molecule has 1 nitrogen and oxygen atoms in total. The van der Waals surface area contributed by atoms with Crippen molar-refractivity contribution in [2.24, 2.45) is 0 Å². The van der Waals surface area contributed by atoms with Crippen LogP contribution >= 0.6 is 0 Å². The molecule has 2 aromatic rings. The number of aryl methyl sites for hydroxylation is 2. The van der Waals surface area contributed by atoms with Gasteiger partial charge in [0.05, 0.1) is 0 Å². The molecular formula is C27H37N. The first-order valence-corrected chi connectivity index (χ1v) is 11.1. The molecule has 0 radical (unpaired) electrons. The minimum atomic E-state index is 1.03. The summed E-state index contributed by atoms with van der Waals surface area (Å²) in [5.74, 6) is 0. The second-order valence-corrected chi connectivity index (χ2v) is 7.74. The van der Waals surface area contributed by atoms with Crippen molar-refractivity contribution in [3.8, 4) is 11.1 Å². The van der Waals surface area contributed by atoms with Gasteiger partial charge < -0.3 is 5.41 Å². The molecule has 1 heteroatoms. The lowest BCUT2D eigenvalue weighted by Gasteiger charge is -2.07. The standard InChI is InChI=1S/C27H37N/c1-3-5-7-11-23-14-18-26(19-15-23)27-20-16-24(17-21-27)12-8-6-9-13-25(22-28)10-4-2/h10,14-22,28H,3-9,11-13H2,1-2H3/b25-10-,28-22?. The number of hydrogen-bond donors (Lipinski definition) is 1. The molecule has 0 heterocycles. The number of rotatable bonds is 13. The van der Waals surface area contributed by atoms with E-state index in [1.807, 2.05) is 0 Å². The molecule has 0 bridgehead atoms. The van der Waals surface area contributed by atoms with Crippen LogP contribution in [0.25, 0.3) is 11.1 Å². The van der Waals surface area contributed by atoms with Gasteiger partial charge in [-0.25, -0.2) is 0 Å². The highest BCUT2D eigenvalue weighted by Crippen LogP contribution is 2.22. The van der Waals surface area contributed by atoms with Crippen LogP contribution in [-0.4, -0.2) is 6.21 Å². The van der Waals surface area contributed by atoms with E-state index in [0.717, 1.165) is 19.3 Å². The van der Waals surface area contributed by atoms with Crippen LogP contribution in [0, 0.1) is 5.41 Å². The summed E-state index contributed by atoms with van der Waals surface area (Å²) < 4.78 is 0. The number of benzene rings is 2.